The summed E-state index contributed by atoms with van der Waals surface area (Å²) in [5, 5.41) is 8.75. The summed E-state index contributed by atoms with van der Waals surface area (Å²) >= 11 is 9.63. The van der Waals surface area contributed by atoms with Gasteiger partial charge in [0.15, 0.2) is 0 Å². The number of carbonyl (C=O) groups is 2. The first-order valence-electron chi connectivity index (χ1n) is 7.55. The highest BCUT2D eigenvalue weighted by molar-refractivity contribution is 9.10. The molecule has 0 radical (unpaired) electrons. The molecule has 0 saturated heterocycles. The van der Waals surface area contributed by atoms with Crippen molar-refractivity contribution in [1.29, 1.82) is 0 Å². The summed E-state index contributed by atoms with van der Waals surface area (Å²) in [6, 6.07) is 13.4. The quantitative estimate of drug-likeness (QED) is 0.690. The number of allylic oxidation sites excluding steroid dienone is 1. The van der Waals surface area contributed by atoms with Crippen molar-refractivity contribution in [3.05, 3.63) is 74.9 Å². The minimum atomic E-state index is -0.627. The van der Waals surface area contributed by atoms with Crippen LogP contribution in [0.4, 0.5) is 10.5 Å². The Balaban J connectivity index is 1.96. The maximum atomic E-state index is 12.8. The van der Waals surface area contributed by atoms with Crippen molar-refractivity contribution in [2.45, 2.75) is 13.0 Å². The van der Waals surface area contributed by atoms with Crippen molar-refractivity contribution in [2.24, 2.45) is 0 Å². The number of nitrogens with one attached hydrogen (secondary N) is 3. The van der Waals surface area contributed by atoms with E-state index in [4.69, 9.17) is 11.6 Å². The molecule has 1 aliphatic heterocycles. The van der Waals surface area contributed by atoms with Gasteiger partial charge >= 0.3 is 6.03 Å². The smallest absolute Gasteiger partial charge is 0.319 e. The minimum absolute atomic E-state index is 0.308. The summed E-state index contributed by atoms with van der Waals surface area (Å²) in [6.07, 6.45) is 0. The van der Waals surface area contributed by atoms with E-state index in [1.54, 1.807) is 37.3 Å². The van der Waals surface area contributed by atoms with Crippen LogP contribution in [0.2, 0.25) is 5.02 Å². The SMILES string of the molecule is CC1=C(C(=O)Nc2ccc(Br)cc2)C(c2ccccc2Cl)NC(=O)N1. The molecule has 3 N–H and O–H groups in total. The summed E-state index contributed by atoms with van der Waals surface area (Å²) in [5.74, 6) is -0.308. The highest BCUT2D eigenvalue weighted by Crippen LogP contribution is 2.32. The Morgan fingerprint density at radius 1 is 1.16 bits per heavy atom. The van der Waals surface area contributed by atoms with E-state index in [1.165, 1.54) is 0 Å². The van der Waals surface area contributed by atoms with Crippen LogP contribution >= 0.6 is 27.5 Å². The lowest BCUT2D eigenvalue weighted by Crippen LogP contribution is -2.46. The lowest BCUT2D eigenvalue weighted by atomic mass is 9.94. The molecule has 7 heteroatoms. The van der Waals surface area contributed by atoms with Crippen molar-refractivity contribution < 1.29 is 9.59 Å². The Bertz CT molecular complexity index is 865. The van der Waals surface area contributed by atoms with Gasteiger partial charge in [0.25, 0.3) is 5.91 Å². The van der Waals surface area contributed by atoms with Gasteiger partial charge in [-0.2, -0.15) is 0 Å². The molecule has 25 heavy (non-hydrogen) atoms. The number of hydrogen-bond acceptors (Lipinski definition) is 2. The molecule has 128 valence electrons. The van der Waals surface area contributed by atoms with Gasteiger partial charge in [-0.1, -0.05) is 45.7 Å². The zero-order valence-corrected chi connectivity index (χ0v) is 15.6. The molecule has 0 fully saturated rings. The third-order valence-corrected chi connectivity index (χ3v) is 4.70. The average Bonchev–Trinajstić information content (AvgIpc) is 2.56. The van der Waals surface area contributed by atoms with Crippen LogP contribution in [0.1, 0.15) is 18.5 Å². The van der Waals surface area contributed by atoms with E-state index >= 15 is 0 Å². The molecule has 3 amide bonds. The molecular formula is C18H15BrClN3O2. The van der Waals surface area contributed by atoms with Crippen molar-refractivity contribution in [1.82, 2.24) is 10.6 Å². The second-order valence-corrected chi connectivity index (χ2v) is 6.88. The summed E-state index contributed by atoms with van der Waals surface area (Å²) in [5.41, 5.74) is 2.22. The molecule has 1 atom stereocenters. The van der Waals surface area contributed by atoms with Gasteiger partial charge in [-0.15, -0.1) is 0 Å². The summed E-state index contributed by atoms with van der Waals surface area (Å²) < 4.78 is 0.918. The number of rotatable bonds is 3. The Morgan fingerprint density at radius 2 is 1.84 bits per heavy atom. The van der Waals surface area contributed by atoms with E-state index in [1.807, 2.05) is 18.2 Å². The highest BCUT2D eigenvalue weighted by atomic mass is 79.9. The molecule has 0 spiro atoms. The lowest BCUT2D eigenvalue weighted by molar-refractivity contribution is -0.113. The third kappa shape index (κ3) is 3.86. The van der Waals surface area contributed by atoms with Crippen LogP contribution in [0.5, 0.6) is 0 Å². The van der Waals surface area contributed by atoms with E-state index in [2.05, 4.69) is 31.9 Å². The molecule has 5 nitrogen and oxygen atoms in total. The Morgan fingerprint density at radius 3 is 2.52 bits per heavy atom. The predicted octanol–water partition coefficient (Wildman–Crippen LogP) is 4.37. The molecule has 1 unspecified atom stereocenters. The zero-order valence-electron chi connectivity index (χ0n) is 13.3. The molecular weight excluding hydrogens is 406 g/mol. The monoisotopic (exact) mass is 419 g/mol. The number of hydrogen-bond donors (Lipinski definition) is 3. The first kappa shape index (κ1) is 17.5. The third-order valence-electron chi connectivity index (χ3n) is 3.83. The minimum Gasteiger partial charge on any atom is -0.327 e. The van der Waals surface area contributed by atoms with Crippen LogP contribution in [0.15, 0.2) is 64.3 Å². The second-order valence-electron chi connectivity index (χ2n) is 5.55. The van der Waals surface area contributed by atoms with E-state index in [0.717, 1.165) is 4.47 Å². The summed E-state index contributed by atoms with van der Waals surface area (Å²) in [6.45, 7) is 1.69. The molecule has 0 bridgehead atoms. The largest absolute Gasteiger partial charge is 0.327 e. The van der Waals surface area contributed by atoms with Gasteiger partial charge in [0.1, 0.15) is 0 Å². The maximum Gasteiger partial charge on any atom is 0.319 e. The van der Waals surface area contributed by atoms with Gasteiger partial charge < -0.3 is 16.0 Å². The maximum absolute atomic E-state index is 12.8. The molecule has 0 saturated carbocycles. The van der Waals surface area contributed by atoms with Crippen LogP contribution in [0, 0.1) is 0 Å². The van der Waals surface area contributed by atoms with E-state index in [9.17, 15) is 9.59 Å². The fourth-order valence-corrected chi connectivity index (χ4v) is 3.18. The second kappa shape index (κ2) is 7.29. The number of carbonyl (C=O) groups excluding carboxylic acids is 2. The number of amides is 3. The molecule has 2 aromatic rings. The van der Waals surface area contributed by atoms with Crippen molar-refractivity contribution >= 4 is 45.2 Å². The fourth-order valence-electron chi connectivity index (χ4n) is 2.67. The lowest BCUT2D eigenvalue weighted by Gasteiger charge is -2.29. The standard InChI is InChI=1S/C18H15BrClN3O2/c1-10-15(17(24)22-12-8-6-11(19)7-9-12)16(23-18(25)21-10)13-4-2-3-5-14(13)20/h2-9,16H,1H3,(H,22,24)(H2,21,23,25). The van der Waals surface area contributed by atoms with Gasteiger partial charge in [0, 0.05) is 20.9 Å². The first-order valence-corrected chi connectivity index (χ1v) is 8.72. The highest BCUT2D eigenvalue weighted by Gasteiger charge is 2.32. The molecule has 2 aromatic carbocycles. The molecule has 3 rings (SSSR count). The molecule has 1 heterocycles. The Labute approximate surface area is 158 Å². The first-order chi connectivity index (χ1) is 12.0. The number of halogens is 2. The van der Waals surface area contributed by atoms with Gasteiger partial charge in [0.05, 0.1) is 11.6 Å². The number of anilines is 1. The topological polar surface area (TPSA) is 70.2 Å². The van der Waals surface area contributed by atoms with Gasteiger partial charge in [-0.25, -0.2) is 4.79 Å². The average molecular weight is 421 g/mol. The van der Waals surface area contributed by atoms with Crippen molar-refractivity contribution in [3.63, 3.8) is 0 Å². The molecule has 0 aromatic heterocycles. The zero-order chi connectivity index (χ0) is 18.0. The van der Waals surface area contributed by atoms with Crippen molar-refractivity contribution in [3.8, 4) is 0 Å². The van der Waals surface area contributed by atoms with Crippen molar-refractivity contribution in [2.75, 3.05) is 5.32 Å². The van der Waals surface area contributed by atoms with Crippen LogP contribution in [0.25, 0.3) is 0 Å². The van der Waals surface area contributed by atoms with Crippen LogP contribution in [0.3, 0.4) is 0 Å². The molecule has 0 aliphatic carbocycles. The van der Waals surface area contributed by atoms with Crippen LogP contribution in [-0.2, 0) is 4.79 Å². The van der Waals surface area contributed by atoms with E-state index < -0.39 is 6.04 Å². The Hall–Kier alpha value is -2.31. The fraction of sp³-hybridized carbons (Fsp3) is 0.111. The van der Waals surface area contributed by atoms with Gasteiger partial charge in [0.2, 0.25) is 0 Å². The van der Waals surface area contributed by atoms with Crippen LogP contribution in [-0.4, -0.2) is 11.9 Å². The molecule has 1 aliphatic rings. The van der Waals surface area contributed by atoms with Gasteiger partial charge in [-0.05, 0) is 42.8 Å². The summed E-state index contributed by atoms with van der Waals surface area (Å²) in [7, 11) is 0. The van der Waals surface area contributed by atoms with E-state index in [-0.39, 0.29) is 11.9 Å². The summed E-state index contributed by atoms with van der Waals surface area (Å²) in [4.78, 5) is 24.7. The number of benzene rings is 2. The van der Waals surface area contributed by atoms with Gasteiger partial charge in [-0.3, -0.25) is 4.79 Å². The van der Waals surface area contributed by atoms with E-state index in [0.29, 0.717) is 27.5 Å². The normalized spacial score (nSPS) is 16.9. The van der Waals surface area contributed by atoms with Crippen LogP contribution < -0.4 is 16.0 Å². The number of urea groups is 1. The Kier molecular flexibility index (Phi) is 5.11. The predicted molar refractivity (Wildman–Crippen MR) is 101 cm³/mol.